The van der Waals surface area contributed by atoms with E-state index in [2.05, 4.69) is 6.92 Å². The molecule has 26 heavy (non-hydrogen) atoms. The molecule has 7 nitrogen and oxygen atoms in total. The summed E-state index contributed by atoms with van der Waals surface area (Å²) in [4.78, 5) is 26.0. The van der Waals surface area contributed by atoms with Crippen molar-refractivity contribution in [1.82, 2.24) is 4.90 Å². The first-order chi connectivity index (χ1) is 12.5. The van der Waals surface area contributed by atoms with E-state index in [-0.39, 0.29) is 13.2 Å². The lowest BCUT2D eigenvalue weighted by Crippen LogP contribution is -2.42. The lowest BCUT2D eigenvalue weighted by Gasteiger charge is -2.24. The monoisotopic (exact) mass is 362 g/mol. The van der Waals surface area contributed by atoms with E-state index >= 15 is 0 Å². The van der Waals surface area contributed by atoms with Crippen molar-refractivity contribution in [3.05, 3.63) is 48.2 Å². The summed E-state index contributed by atoms with van der Waals surface area (Å²) in [6, 6.07) is 8.16. The van der Waals surface area contributed by atoms with Gasteiger partial charge in [0, 0.05) is 5.56 Å². The molecule has 1 heterocycles. The highest BCUT2D eigenvalue weighted by Crippen LogP contribution is 2.20. The number of carbonyl (C=O) groups is 2. The third kappa shape index (κ3) is 5.57. The fourth-order valence-corrected chi connectivity index (χ4v) is 2.56. The Kier molecular flexibility index (Phi) is 7.62. The second-order valence-electron chi connectivity index (χ2n) is 6.16. The maximum atomic E-state index is 12.4. The largest absolute Gasteiger partial charge is 0.463 e. The summed E-state index contributed by atoms with van der Waals surface area (Å²) in [6.45, 7) is 2.14. The van der Waals surface area contributed by atoms with E-state index in [4.69, 9.17) is 15.2 Å². The number of esters is 2. The zero-order chi connectivity index (χ0) is 18.9. The van der Waals surface area contributed by atoms with Crippen LogP contribution in [-0.4, -0.2) is 47.4 Å². The van der Waals surface area contributed by atoms with Gasteiger partial charge < -0.3 is 25.2 Å². The van der Waals surface area contributed by atoms with Gasteiger partial charge in [0.05, 0.1) is 12.6 Å². The van der Waals surface area contributed by atoms with Crippen LogP contribution >= 0.6 is 0 Å². The minimum atomic E-state index is -1.14. The molecule has 7 heteroatoms. The highest BCUT2D eigenvalue weighted by atomic mass is 16.6. The molecule has 2 unspecified atom stereocenters. The molecule has 1 aromatic carbocycles. The van der Waals surface area contributed by atoms with E-state index in [0.717, 1.165) is 19.3 Å². The summed E-state index contributed by atoms with van der Waals surface area (Å²) in [5, 5.41) is 9.87. The summed E-state index contributed by atoms with van der Waals surface area (Å²) < 4.78 is 10.6. The number of carbonyl (C=O) groups excluding carboxylic acids is 2. The first-order valence-corrected chi connectivity index (χ1v) is 8.81. The summed E-state index contributed by atoms with van der Waals surface area (Å²) in [6.07, 6.45) is 3.75. The summed E-state index contributed by atoms with van der Waals surface area (Å²) in [5.74, 6) is -1.25. The van der Waals surface area contributed by atoms with Gasteiger partial charge in [-0.3, -0.25) is 4.79 Å². The van der Waals surface area contributed by atoms with Crippen LogP contribution in [0.5, 0.6) is 0 Å². The molecular formula is C19H26N2O5. The van der Waals surface area contributed by atoms with Gasteiger partial charge in [-0.2, -0.15) is 0 Å². The molecule has 0 aliphatic carbocycles. The SMILES string of the molecule is CCCCCOC(=O)[C@@H](OC(=O)CN1C=CC(N)C1O)c1ccccc1. The van der Waals surface area contributed by atoms with Crippen LogP contribution < -0.4 is 5.73 Å². The molecule has 1 aliphatic rings. The first-order valence-electron chi connectivity index (χ1n) is 8.81. The quantitative estimate of drug-likeness (QED) is 0.507. The second kappa shape index (κ2) is 9.94. The van der Waals surface area contributed by atoms with Crippen LogP contribution in [0.25, 0.3) is 0 Å². The Morgan fingerprint density at radius 2 is 2.00 bits per heavy atom. The molecule has 1 aliphatic heterocycles. The second-order valence-corrected chi connectivity index (χ2v) is 6.16. The van der Waals surface area contributed by atoms with Gasteiger partial charge in [0.2, 0.25) is 6.10 Å². The number of unbranched alkanes of at least 4 members (excludes halogenated alkanes) is 2. The molecule has 0 fully saturated rings. The zero-order valence-electron chi connectivity index (χ0n) is 14.9. The van der Waals surface area contributed by atoms with Crippen LogP contribution in [0.3, 0.4) is 0 Å². The summed E-state index contributed by atoms with van der Waals surface area (Å²) in [7, 11) is 0. The average molecular weight is 362 g/mol. The number of aliphatic hydroxyl groups excluding tert-OH is 1. The number of hydrogen-bond acceptors (Lipinski definition) is 7. The molecule has 1 aromatic rings. The highest BCUT2D eigenvalue weighted by Gasteiger charge is 2.30. The molecule has 0 saturated heterocycles. The van der Waals surface area contributed by atoms with Crippen molar-refractivity contribution in [2.75, 3.05) is 13.2 Å². The van der Waals surface area contributed by atoms with Gasteiger partial charge in [0.25, 0.3) is 0 Å². The number of benzene rings is 1. The zero-order valence-corrected chi connectivity index (χ0v) is 14.9. The van der Waals surface area contributed by atoms with Crippen molar-refractivity contribution in [1.29, 1.82) is 0 Å². The van der Waals surface area contributed by atoms with Crippen LogP contribution in [0.2, 0.25) is 0 Å². The van der Waals surface area contributed by atoms with Gasteiger partial charge in [-0.05, 0) is 18.7 Å². The van der Waals surface area contributed by atoms with Gasteiger partial charge in [0.1, 0.15) is 12.8 Å². The predicted octanol–water partition coefficient (Wildman–Crippen LogP) is 1.48. The highest BCUT2D eigenvalue weighted by molar-refractivity contribution is 5.81. The summed E-state index contributed by atoms with van der Waals surface area (Å²) >= 11 is 0. The minimum Gasteiger partial charge on any atom is -0.463 e. The fraction of sp³-hybridized carbons (Fsp3) is 0.474. The van der Waals surface area contributed by atoms with Crippen molar-refractivity contribution in [3.8, 4) is 0 Å². The Balaban J connectivity index is 1.98. The van der Waals surface area contributed by atoms with E-state index in [1.54, 1.807) is 30.3 Å². The molecule has 2 rings (SSSR count). The van der Waals surface area contributed by atoms with E-state index in [1.165, 1.54) is 11.1 Å². The van der Waals surface area contributed by atoms with Gasteiger partial charge in [-0.25, -0.2) is 4.79 Å². The van der Waals surface area contributed by atoms with Gasteiger partial charge in [0.15, 0.2) is 0 Å². The number of hydrogen-bond donors (Lipinski definition) is 2. The van der Waals surface area contributed by atoms with Gasteiger partial charge in [-0.15, -0.1) is 0 Å². The van der Waals surface area contributed by atoms with E-state index in [0.29, 0.717) is 5.56 Å². The molecule has 0 spiro atoms. The van der Waals surface area contributed by atoms with Gasteiger partial charge in [-0.1, -0.05) is 50.1 Å². The fourth-order valence-electron chi connectivity index (χ4n) is 2.56. The van der Waals surface area contributed by atoms with Crippen molar-refractivity contribution in [3.63, 3.8) is 0 Å². The Morgan fingerprint density at radius 1 is 1.27 bits per heavy atom. The molecule has 3 atom stereocenters. The van der Waals surface area contributed by atoms with Crippen LogP contribution in [-0.2, 0) is 19.1 Å². The molecule has 0 amide bonds. The molecule has 142 valence electrons. The number of rotatable bonds is 9. The number of nitrogens with two attached hydrogens (primary N) is 1. The molecular weight excluding hydrogens is 336 g/mol. The number of aliphatic hydroxyl groups is 1. The van der Waals surface area contributed by atoms with E-state index in [1.807, 2.05) is 6.07 Å². The number of nitrogens with zero attached hydrogens (tertiary/aromatic N) is 1. The third-order valence-electron chi connectivity index (χ3n) is 4.05. The average Bonchev–Trinajstić information content (AvgIpc) is 2.96. The molecule has 0 aromatic heterocycles. The van der Waals surface area contributed by atoms with Crippen molar-refractivity contribution >= 4 is 11.9 Å². The molecule has 3 N–H and O–H groups in total. The number of ether oxygens (including phenoxy) is 2. The topological polar surface area (TPSA) is 102 Å². The van der Waals surface area contributed by atoms with Crippen LogP contribution in [0.4, 0.5) is 0 Å². The molecule has 0 saturated carbocycles. The minimum absolute atomic E-state index is 0.211. The van der Waals surface area contributed by atoms with Crippen LogP contribution in [0.1, 0.15) is 37.9 Å². The maximum Gasteiger partial charge on any atom is 0.352 e. The third-order valence-corrected chi connectivity index (χ3v) is 4.05. The van der Waals surface area contributed by atoms with E-state index in [9.17, 15) is 14.7 Å². The van der Waals surface area contributed by atoms with Crippen molar-refractivity contribution in [2.45, 2.75) is 44.6 Å². The Labute approximate surface area is 153 Å². The Morgan fingerprint density at radius 3 is 2.62 bits per heavy atom. The van der Waals surface area contributed by atoms with Crippen molar-refractivity contribution < 1.29 is 24.2 Å². The Hall–Kier alpha value is -2.38. The first kappa shape index (κ1) is 19.9. The smallest absolute Gasteiger partial charge is 0.352 e. The lowest BCUT2D eigenvalue weighted by atomic mass is 10.1. The lowest BCUT2D eigenvalue weighted by molar-refractivity contribution is -0.169. The maximum absolute atomic E-state index is 12.4. The van der Waals surface area contributed by atoms with Crippen LogP contribution in [0.15, 0.2) is 42.6 Å². The van der Waals surface area contributed by atoms with Crippen LogP contribution in [0, 0.1) is 0 Å². The van der Waals surface area contributed by atoms with Crippen molar-refractivity contribution in [2.24, 2.45) is 5.73 Å². The molecule has 0 bridgehead atoms. The molecule has 0 radical (unpaired) electrons. The normalized spacial score (nSPS) is 20.0. The predicted molar refractivity (Wildman–Crippen MR) is 95.6 cm³/mol. The standard InChI is InChI=1S/C19H26N2O5/c1-2-3-7-12-25-19(24)17(14-8-5-4-6-9-14)26-16(22)13-21-11-10-15(20)18(21)23/h4-6,8-11,15,17-18,23H,2-3,7,12-13,20H2,1H3/t15?,17-,18?/m0/s1. The van der Waals surface area contributed by atoms with Gasteiger partial charge >= 0.3 is 11.9 Å². The Bertz CT molecular complexity index is 620. The van der Waals surface area contributed by atoms with E-state index < -0.39 is 30.3 Å². The summed E-state index contributed by atoms with van der Waals surface area (Å²) in [5.41, 5.74) is 6.20.